The molecule has 1 aromatic carbocycles. The lowest BCUT2D eigenvalue weighted by Gasteiger charge is -2.04. The van der Waals surface area contributed by atoms with Gasteiger partial charge in [0.1, 0.15) is 17.3 Å². The Bertz CT molecular complexity index is 584. The van der Waals surface area contributed by atoms with Crippen molar-refractivity contribution in [2.45, 2.75) is 0 Å². The van der Waals surface area contributed by atoms with Gasteiger partial charge in [-0.15, -0.1) is 0 Å². The van der Waals surface area contributed by atoms with Crippen LogP contribution in [0.4, 0.5) is 4.39 Å². The molecule has 0 aliphatic carbocycles. The fourth-order valence-corrected chi connectivity index (χ4v) is 1.43. The number of hydrogen-bond donors (Lipinski definition) is 2. The Labute approximate surface area is 96.0 Å². The van der Waals surface area contributed by atoms with E-state index < -0.39 is 11.8 Å². The first-order chi connectivity index (χ1) is 8.08. The van der Waals surface area contributed by atoms with Crippen LogP contribution in [0.25, 0.3) is 11.3 Å². The Kier molecular flexibility index (Phi) is 2.74. The van der Waals surface area contributed by atoms with Gasteiger partial charge >= 0.3 is 5.97 Å². The van der Waals surface area contributed by atoms with Gasteiger partial charge in [-0.1, -0.05) is 6.07 Å². The minimum Gasteiger partial charge on any atom is -0.507 e. The number of halogens is 1. The van der Waals surface area contributed by atoms with Gasteiger partial charge in [-0.25, -0.2) is 14.2 Å². The maximum Gasteiger partial charge on any atom is 0.354 e. The third kappa shape index (κ3) is 2.23. The van der Waals surface area contributed by atoms with Gasteiger partial charge in [-0.2, -0.15) is 0 Å². The number of hydrogen-bond acceptors (Lipinski definition) is 3. The molecule has 0 amide bonds. The first kappa shape index (κ1) is 11.1. The fraction of sp³-hybridized carbons (Fsp3) is 0. The number of pyridine rings is 1. The third-order valence-corrected chi connectivity index (χ3v) is 2.20. The van der Waals surface area contributed by atoms with E-state index in [9.17, 15) is 14.3 Å². The standard InChI is InChI=1S/C12H8FNO3/c13-7-4-5-8(11(15)6-7)9-2-1-3-10(14-9)12(16)17/h1-6,15H,(H,16,17). The molecule has 0 spiro atoms. The molecule has 0 radical (unpaired) electrons. The molecule has 0 bridgehead atoms. The van der Waals surface area contributed by atoms with Crippen molar-refractivity contribution in [2.75, 3.05) is 0 Å². The molecule has 2 aromatic rings. The van der Waals surface area contributed by atoms with Crippen molar-refractivity contribution >= 4 is 5.97 Å². The molecule has 0 aliphatic rings. The number of benzene rings is 1. The van der Waals surface area contributed by atoms with E-state index in [1.165, 1.54) is 24.3 Å². The number of carboxylic acid groups (broad SMARTS) is 1. The van der Waals surface area contributed by atoms with E-state index in [2.05, 4.69) is 4.98 Å². The van der Waals surface area contributed by atoms with Crippen LogP contribution < -0.4 is 0 Å². The Morgan fingerprint density at radius 3 is 2.65 bits per heavy atom. The second kappa shape index (κ2) is 4.21. The monoisotopic (exact) mass is 233 g/mol. The zero-order valence-electron chi connectivity index (χ0n) is 8.59. The molecule has 0 saturated heterocycles. The Morgan fingerprint density at radius 2 is 2.00 bits per heavy atom. The number of nitrogens with zero attached hydrogens (tertiary/aromatic N) is 1. The number of carboxylic acids is 1. The minimum absolute atomic E-state index is 0.133. The molecule has 0 aliphatic heterocycles. The van der Waals surface area contributed by atoms with E-state index in [-0.39, 0.29) is 22.7 Å². The molecular weight excluding hydrogens is 225 g/mol. The molecule has 1 aromatic heterocycles. The first-order valence-electron chi connectivity index (χ1n) is 4.77. The van der Waals surface area contributed by atoms with Gasteiger partial charge in [-0.3, -0.25) is 0 Å². The number of aromatic hydroxyl groups is 1. The number of aromatic nitrogens is 1. The van der Waals surface area contributed by atoms with E-state index in [4.69, 9.17) is 5.11 Å². The highest BCUT2D eigenvalue weighted by Crippen LogP contribution is 2.28. The highest BCUT2D eigenvalue weighted by molar-refractivity contribution is 5.86. The summed E-state index contributed by atoms with van der Waals surface area (Å²) in [6.07, 6.45) is 0. The molecule has 0 fully saturated rings. The summed E-state index contributed by atoms with van der Waals surface area (Å²) < 4.78 is 12.8. The van der Waals surface area contributed by atoms with Crippen molar-refractivity contribution in [1.82, 2.24) is 4.98 Å². The molecule has 86 valence electrons. The molecule has 17 heavy (non-hydrogen) atoms. The van der Waals surface area contributed by atoms with Crippen LogP contribution in [0.5, 0.6) is 5.75 Å². The second-order valence-electron chi connectivity index (χ2n) is 3.37. The van der Waals surface area contributed by atoms with Crippen molar-refractivity contribution in [1.29, 1.82) is 0 Å². The summed E-state index contributed by atoms with van der Waals surface area (Å²) in [7, 11) is 0. The van der Waals surface area contributed by atoms with Crippen LogP contribution in [0, 0.1) is 5.82 Å². The van der Waals surface area contributed by atoms with Gasteiger partial charge in [0.25, 0.3) is 0 Å². The van der Waals surface area contributed by atoms with Crippen LogP contribution in [-0.4, -0.2) is 21.2 Å². The number of phenols is 1. The quantitative estimate of drug-likeness (QED) is 0.834. The maximum absolute atomic E-state index is 12.8. The summed E-state index contributed by atoms with van der Waals surface area (Å²) in [6.45, 7) is 0. The van der Waals surface area contributed by atoms with E-state index in [1.807, 2.05) is 0 Å². The summed E-state index contributed by atoms with van der Waals surface area (Å²) in [5, 5.41) is 18.3. The topological polar surface area (TPSA) is 70.4 Å². The third-order valence-electron chi connectivity index (χ3n) is 2.20. The Hall–Kier alpha value is -2.43. The predicted molar refractivity (Wildman–Crippen MR) is 58.3 cm³/mol. The lowest BCUT2D eigenvalue weighted by atomic mass is 10.1. The van der Waals surface area contributed by atoms with Crippen molar-refractivity contribution < 1.29 is 19.4 Å². The molecule has 5 heteroatoms. The predicted octanol–water partition coefficient (Wildman–Crippen LogP) is 2.29. The van der Waals surface area contributed by atoms with Crippen LogP contribution in [0.1, 0.15) is 10.5 Å². The van der Waals surface area contributed by atoms with Crippen molar-refractivity contribution in [3.05, 3.63) is 47.9 Å². The zero-order valence-corrected chi connectivity index (χ0v) is 8.59. The average Bonchev–Trinajstić information content (AvgIpc) is 2.29. The largest absolute Gasteiger partial charge is 0.507 e. The molecular formula is C12H8FNO3. The summed E-state index contributed by atoms with van der Waals surface area (Å²) in [5.41, 5.74) is 0.433. The number of carbonyl (C=O) groups is 1. The van der Waals surface area contributed by atoms with Gasteiger partial charge in [0, 0.05) is 11.6 Å². The Balaban J connectivity index is 2.53. The summed E-state index contributed by atoms with van der Waals surface area (Å²) in [5.74, 6) is -2.01. The molecule has 4 nitrogen and oxygen atoms in total. The number of rotatable bonds is 2. The minimum atomic E-state index is -1.16. The molecule has 0 saturated carbocycles. The lowest BCUT2D eigenvalue weighted by molar-refractivity contribution is 0.0690. The summed E-state index contributed by atoms with van der Waals surface area (Å²) in [4.78, 5) is 14.6. The van der Waals surface area contributed by atoms with E-state index in [0.29, 0.717) is 0 Å². The fourth-order valence-electron chi connectivity index (χ4n) is 1.43. The summed E-state index contributed by atoms with van der Waals surface area (Å²) >= 11 is 0. The molecule has 2 rings (SSSR count). The van der Waals surface area contributed by atoms with Crippen LogP contribution in [0.3, 0.4) is 0 Å². The maximum atomic E-state index is 12.8. The van der Waals surface area contributed by atoms with Gasteiger partial charge in [-0.05, 0) is 24.3 Å². The summed E-state index contributed by atoms with van der Waals surface area (Å²) in [6, 6.07) is 7.85. The normalized spacial score (nSPS) is 10.2. The molecule has 0 atom stereocenters. The van der Waals surface area contributed by atoms with Crippen molar-refractivity contribution in [3.63, 3.8) is 0 Å². The van der Waals surface area contributed by atoms with Crippen LogP contribution in [0.2, 0.25) is 0 Å². The van der Waals surface area contributed by atoms with Gasteiger partial charge < -0.3 is 10.2 Å². The average molecular weight is 233 g/mol. The number of phenolic OH excluding ortho intramolecular Hbond substituents is 1. The first-order valence-corrected chi connectivity index (χ1v) is 4.77. The van der Waals surface area contributed by atoms with Crippen molar-refractivity contribution in [3.8, 4) is 17.0 Å². The Morgan fingerprint density at radius 1 is 1.24 bits per heavy atom. The highest BCUT2D eigenvalue weighted by atomic mass is 19.1. The second-order valence-corrected chi connectivity index (χ2v) is 3.37. The van der Waals surface area contributed by atoms with Crippen molar-refractivity contribution in [2.24, 2.45) is 0 Å². The van der Waals surface area contributed by atoms with Crippen LogP contribution in [0.15, 0.2) is 36.4 Å². The lowest BCUT2D eigenvalue weighted by Crippen LogP contribution is -2.00. The van der Waals surface area contributed by atoms with E-state index in [0.717, 1.165) is 6.07 Å². The van der Waals surface area contributed by atoms with Crippen LogP contribution in [-0.2, 0) is 0 Å². The molecule has 1 heterocycles. The van der Waals surface area contributed by atoms with E-state index >= 15 is 0 Å². The van der Waals surface area contributed by atoms with Gasteiger partial charge in [0.15, 0.2) is 0 Å². The van der Waals surface area contributed by atoms with Gasteiger partial charge in [0.05, 0.1) is 5.69 Å². The van der Waals surface area contributed by atoms with Crippen LogP contribution >= 0.6 is 0 Å². The highest BCUT2D eigenvalue weighted by Gasteiger charge is 2.10. The molecule has 2 N–H and O–H groups in total. The number of aromatic carboxylic acids is 1. The smallest absolute Gasteiger partial charge is 0.354 e. The molecule has 0 unspecified atom stereocenters. The van der Waals surface area contributed by atoms with E-state index in [1.54, 1.807) is 6.07 Å². The SMILES string of the molecule is O=C(O)c1cccc(-c2ccc(F)cc2O)n1. The zero-order chi connectivity index (χ0) is 12.4. The van der Waals surface area contributed by atoms with Gasteiger partial charge in [0.2, 0.25) is 0 Å².